The molecular weight excluding hydrogens is 156 g/mol. The average Bonchev–Trinajstić information content (AvgIpc) is 2.50. The van der Waals surface area contributed by atoms with E-state index >= 15 is 0 Å². The van der Waals surface area contributed by atoms with E-state index in [1.54, 1.807) is 7.11 Å². The molecule has 0 aromatic carbocycles. The molecule has 1 aromatic heterocycles. The van der Waals surface area contributed by atoms with Crippen molar-refractivity contribution < 1.29 is 13.9 Å². The van der Waals surface area contributed by atoms with Gasteiger partial charge in [0.25, 0.3) is 0 Å². The lowest BCUT2D eigenvalue weighted by molar-refractivity contribution is 0.154. The second-order valence-corrected chi connectivity index (χ2v) is 2.28. The Kier molecular flexibility index (Phi) is 3.41. The third-order valence-electron chi connectivity index (χ3n) is 1.35. The summed E-state index contributed by atoms with van der Waals surface area (Å²) < 4.78 is 15.2. The first-order chi connectivity index (χ1) is 5.86. The highest BCUT2D eigenvalue weighted by molar-refractivity contribution is 5.05. The van der Waals surface area contributed by atoms with Crippen LogP contribution in [0.5, 0.6) is 0 Å². The minimum Gasteiger partial charge on any atom is -0.494 e. The molecule has 0 saturated carbocycles. The van der Waals surface area contributed by atoms with Crippen LogP contribution in [0, 0.1) is 0 Å². The number of hydrogen-bond acceptors (Lipinski definition) is 3. The van der Waals surface area contributed by atoms with Crippen molar-refractivity contribution in [3.63, 3.8) is 0 Å². The fraction of sp³-hybridized carbons (Fsp3) is 0.333. The van der Waals surface area contributed by atoms with Gasteiger partial charge in [-0.25, -0.2) is 0 Å². The van der Waals surface area contributed by atoms with Crippen LogP contribution >= 0.6 is 0 Å². The summed E-state index contributed by atoms with van der Waals surface area (Å²) in [6.45, 7) is 4.35. The quantitative estimate of drug-likeness (QED) is 0.631. The van der Waals surface area contributed by atoms with Crippen molar-refractivity contribution in [2.24, 2.45) is 0 Å². The summed E-state index contributed by atoms with van der Waals surface area (Å²) in [7, 11) is 1.63. The second-order valence-electron chi connectivity index (χ2n) is 2.28. The summed E-state index contributed by atoms with van der Waals surface area (Å²) in [5, 5.41) is 0. The van der Waals surface area contributed by atoms with Crippen LogP contribution in [-0.2, 0) is 22.7 Å². The number of ether oxygens (including phenoxy) is 2. The van der Waals surface area contributed by atoms with Gasteiger partial charge < -0.3 is 13.9 Å². The maximum atomic E-state index is 5.33. The first-order valence-electron chi connectivity index (χ1n) is 3.66. The van der Waals surface area contributed by atoms with Gasteiger partial charge in [0, 0.05) is 7.11 Å². The molecule has 0 aliphatic rings. The van der Waals surface area contributed by atoms with Crippen molar-refractivity contribution in [3.8, 4) is 0 Å². The van der Waals surface area contributed by atoms with Crippen LogP contribution in [0.2, 0.25) is 0 Å². The third kappa shape index (κ3) is 2.43. The van der Waals surface area contributed by atoms with Gasteiger partial charge in [-0.2, -0.15) is 0 Å². The van der Waals surface area contributed by atoms with Crippen LogP contribution in [0.1, 0.15) is 11.5 Å². The molecule has 0 aliphatic heterocycles. The van der Waals surface area contributed by atoms with Crippen molar-refractivity contribution in [2.45, 2.75) is 13.2 Å². The summed E-state index contributed by atoms with van der Waals surface area (Å²) in [6.07, 6.45) is 1.39. The zero-order valence-electron chi connectivity index (χ0n) is 7.08. The summed E-state index contributed by atoms with van der Waals surface area (Å²) in [5.74, 6) is 1.59. The van der Waals surface area contributed by atoms with Gasteiger partial charge in [-0.1, -0.05) is 6.58 Å². The third-order valence-corrected chi connectivity index (χ3v) is 1.35. The van der Waals surface area contributed by atoms with Crippen LogP contribution in [0.15, 0.2) is 29.4 Å². The summed E-state index contributed by atoms with van der Waals surface area (Å²) in [4.78, 5) is 0. The van der Waals surface area contributed by atoms with E-state index in [9.17, 15) is 0 Å². The molecule has 0 unspecified atom stereocenters. The zero-order valence-corrected chi connectivity index (χ0v) is 7.08. The van der Waals surface area contributed by atoms with Crippen molar-refractivity contribution >= 4 is 0 Å². The Morgan fingerprint density at radius 2 is 2.08 bits per heavy atom. The van der Waals surface area contributed by atoms with Gasteiger partial charge in [-0.15, -0.1) is 0 Å². The van der Waals surface area contributed by atoms with E-state index in [2.05, 4.69) is 6.58 Å². The lowest BCUT2D eigenvalue weighted by Crippen LogP contribution is -1.84. The molecule has 3 nitrogen and oxygen atoms in total. The number of hydrogen-bond donors (Lipinski definition) is 0. The van der Waals surface area contributed by atoms with Gasteiger partial charge in [0.2, 0.25) is 0 Å². The van der Waals surface area contributed by atoms with E-state index in [4.69, 9.17) is 13.9 Å². The van der Waals surface area contributed by atoms with E-state index < -0.39 is 0 Å². The van der Waals surface area contributed by atoms with Crippen molar-refractivity contribution in [3.05, 3.63) is 36.5 Å². The molecule has 0 fully saturated rings. The summed E-state index contributed by atoms with van der Waals surface area (Å²) in [6, 6.07) is 3.73. The molecule has 1 aromatic rings. The smallest absolute Gasteiger partial charge is 0.145 e. The topological polar surface area (TPSA) is 31.6 Å². The number of furan rings is 1. The standard InChI is InChI=1S/C9H12O3/c1-3-11-7-9-5-4-8(12-9)6-10-2/h3-5H,1,6-7H2,2H3. The Morgan fingerprint density at radius 3 is 2.67 bits per heavy atom. The predicted molar refractivity (Wildman–Crippen MR) is 44.4 cm³/mol. The SMILES string of the molecule is C=COCc1ccc(COC)o1. The Hall–Kier alpha value is -1.22. The maximum Gasteiger partial charge on any atom is 0.145 e. The molecule has 0 amide bonds. The first-order valence-corrected chi connectivity index (χ1v) is 3.66. The predicted octanol–water partition coefficient (Wildman–Crippen LogP) is 2.09. The Morgan fingerprint density at radius 1 is 1.42 bits per heavy atom. The van der Waals surface area contributed by atoms with Crippen LogP contribution in [0.4, 0.5) is 0 Å². The van der Waals surface area contributed by atoms with Gasteiger partial charge in [0.05, 0.1) is 6.26 Å². The fourth-order valence-electron chi connectivity index (χ4n) is 0.861. The van der Waals surface area contributed by atoms with Crippen molar-refractivity contribution in [2.75, 3.05) is 7.11 Å². The summed E-state index contributed by atoms with van der Waals surface area (Å²) >= 11 is 0. The van der Waals surface area contributed by atoms with E-state index in [0.29, 0.717) is 13.2 Å². The molecule has 0 bridgehead atoms. The van der Waals surface area contributed by atoms with Gasteiger partial charge in [0.15, 0.2) is 0 Å². The molecule has 0 saturated heterocycles. The molecule has 0 spiro atoms. The maximum absolute atomic E-state index is 5.33. The van der Waals surface area contributed by atoms with E-state index in [-0.39, 0.29) is 0 Å². The highest BCUT2D eigenvalue weighted by Gasteiger charge is 2.00. The molecule has 0 aliphatic carbocycles. The second kappa shape index (κ2) is 4.62. The Labute approximate surface area is 71.6 Å². The van der Waals surface area contributed by atoms with E-state index in [0.717, 1.165) is 11.5 Å². The molecule has 66 valence electrons. The minimum absolute atomic E-state index is 0.424. The molecule has 12 heavy (non-hydrogen) atoms. The van der Waals surface area contributed by atoms with Gasteiger partial charge in [-0.05, 0) is 12.1 Å². The highest BCUT2D eigenvalue weighted by atomic mass is 16.5. The molecule has 1 rings (SSSR count). The normalized spacial score (nSPS) is 9.75. The molecule has 1 heterocycles. The fourth-order valence-corrected chi connectivity index (χ4v) is 0.861. The van der Waals surface area contributed by atoms with Gasteiger partial charge in [0.1, 0.15) is 24.7 Å². The average molecular weight is 168 g/mol. The number of rotatable bonds is 5. The van der Waals surface area contributed by atoms with E-state index in [1.807, 2.05) is 12.1 Å². The molecular formula is C9H12O3. The van der Waals surface area contributed by atoms with E-state index in [1.165, 1.54) is 6.26 Å². The monoisotopic (exact) mass is 168 g/mol. The first kappa shape index (κ1) is 8.87. The molecule has 0 atom stereocenters. The highest BCUT2D eigenvalue weighted by Crippen LogP contribution is 2.09. The van der Waals surface area contributed by atoms with Gasteiger partial charge >= 0.3 is 0 Å². The Bertz CT molecular complexity index is 240. The minimum atomic E-state index is 0.424. The van der Waals surface area contributed by atoms with Crippen LogP contribution < -0.4 is 0 Å². The van der Waals surface area contributed by atoms with Crippen molar-refractivity contribution in [1.29, 1.82) is 0 Å². The van der Waals surface area contributed by atoms with Crippen LogP contribution in [0.25, 0.3) is 0 Å². The summed E-state index contributed by atoms with van der Waals surface area (Å²) in [5.41, 5.74) is 0. The van der Waals surface area contributed by atoms with Gasteiger partial charge in [-0.3, -0.25) is 0 Å². The van der Waals surface area contributed by atoms with Crippen LogP contribution in [-0.4, -0.2) is 7.11 Å². The molecule has 0 N–H and O–H groups in total. The zero-order chi connectivity index (χ0) is 8.81. The van der Waals surface area contributed by atoms with Crippen LogP contribution in [0.3, 0.4) is 0 Å². The largest absolute Gasteiger partial charge is 0.494 e. The number of methoxy groups -OCH3 is 1. The van der Waals surface area contributed by atoms with Crippen molar-refractivity contribution in [1.82, 2.24) is 0 Å². The lowest BCUT2D eigenvalue weighted by atomic mass is 10.4. The lowest BCUT2D eigenvalue weighted by Gasteiger charge is -1.95. The molecule has 0 radical (unpaired) electrons. The Balaban J connectivity index is 2.46. The molecule has 3 heteroatoms.